The molecule has 1 aliphatic rings. The second-order valence-electron chi connectivity index (χ2n) is 8.27. The minimum atomic E-state index is -0.227. The van der Waals surface area contributed by atoms with Gasteiger partial charge in [-0.15, -0.1) is 0 Å². The Bertz CT molecular complexity index is 1160. The largest absolute Gasteiger partial charge is 0.351 e. The number of thiocarbonyl (C=S) groups is 1. The summed E-state index contributed by atoms with van der Waals surface area (Å²) in [6.07, 6.45) is 4.35. The van der Waals surface area contributed by atoms with Crippen LogP contribution in [0.3, 0.4) is 0 Å². The van der Waals surface area contributed by atoms with Gasteiger partial charge in [-0.3, -0.25) is 0 Å². The Morgan fingerprint density at radius 1 is 1.12 bits per heavy atom. The van der Waals surface area contributed by atoms with Gasteiger partial charge in [-0.05, 0) is 55.2 Å². The van der Waals surface area contributed by atoms with E-state index in [1.807, 2.05) is 36.4 Å². The second-order valence-corrected chi connectivity index (χ2v) is 9.09. The molecule has 33 heavy (non-hydrogen) atoms. The van der Waals surface area contributed by atoms with Gasteiger partial charge < -0.3 is 14.7 Å². The first-order valence-electron chi connectivity index (χ1n) is 11.5. The van der Waals surface area contributed by atoms with E-state index in [1.54, 1.807) is 0 Å². The van der Waals surface area contributed by atoms with Crippen molar-refractivity contribution in [2.24, 2.45) is 0 Å². The molecule has 0 aliphatic carbocycles. The zero-order valence-electron chi connectivity index (χ0n) is 19.3. The summed E-state index contributed by atoms with van der Waals surface area (Å²) in [6.45, 7) is 7.26. The fraction of sp³-hybridized carbons (Fsp3) is 0.346. The van der Waals surface area contributed by atoms with Gasteiger partial charge in [0, 0.05) is 22.8 Å². The van der Waals surface area contributed by atoms with Crippen LogP contribution in [0.25, 0.3) is 17.0 Å². The minimum Gasteiger partial charge on any atom is -0.351 e. The summed E-state index contributed by atoms with van der Waals surface area (Å²) in [4.78, 5) is 6.93. The maximum absolute atomic E-state index is 6.31. The number of hydrogen-bond donors (Lipinski definition) is 1. The highest BCUT2D eigenvalue weighted by Gasteiger charge is 2.34. The number of unbranched alkanes of at least 4 members (excludes halogenated alkanes) is 2. The van der Waals surface area contributed by atoms with E-state index in [9.17, 15) is 0 Å². The molecule has 2 aromatic carbocycles. The Morgan fingerprint density at radius 2 is 1.91 bits per heavy atom. The molecule has 2 heterocycles. The molecule has 0 radical (unpaired) electrons. The Labute approximate surface area is 205 Å². The molecule has 5 nitrogen and oxygen atoms in total. The molecule has 0 amide bonds. The Kier molecular flexibility index (Phi) is 7.46. The number of nitrogens with zero attached hydrogens (tertiary/aromatic N) is 3. The van der Waals surface area contributed by atoms with Crippen molar-refractivity contribution in [1.82, 2.24) is 20.4 Å². The molecule has 0 saturated carbocycles. The lowest BCUT2D eigenvalue weighted by Gasteiger charge is -2.37. The lowest BCUT2D eigenvalue weighted by atomic mass is 9.94. The fourth-order valence-electron chi connectivity index (χ4n) is 4.12. The van der Waals surface area contributed by atoms with Gasteiger partial charge in [0.1, 0.15) is 0 Å². The van der Waals surface area contributed by atoms with Crippen molar-refractivity contribution in [2.75, 3.05) is 6.54 Å². The molecule has 0 bridgehead atoms. The van der Waals surface area contributed by atoms with Gasteiger partial charge in [0.05, 0.1) is 11.6 Å². The van der Waals surface area contributed by atoms with Gasteiger partial charge >= 0.3 is 0 Å². The highest BCUT2D eigenvalue weighted by molar-refractivity contribution is 7.80. The van der Waals surface area contributed by atoms with Crippen molar-refractivity contribution >= 4 is 34.5 Å². The van der Waals surface area contributed by atoms with Crippen molar-refractivity contribution in [2.45, 2.75) is 52.5 Å². The standard InChI is InChI=1S/C26H29ClN4OS/c1-4-6-7-15-31-17(3)22(23(28-26(31)33)20-9-8-10-21(27)16-20)25-29-24(30-32-25)19-13-11-18(5-2)12-14-19/h8-14,16,23H,4-7,15H2,1-3H3,(H,28,33). The van der Waals surface area contributed by atoms with Gasteiger partial charge in [0.2, 0.25) is 5.82 Å². The number of benzene rings is 2. The first-order chi connectivity index (χ1) is 16.0. The van der Waals surface area contributed by atoms with Crippen LogP contribution in [0.5, 0.6) is 0 Å². The zero-order chi connectivity index (χ0) is 23.4. The van der Waals surface area contributed by atoms with Crippen LogP contribution in [0.15, 0.2) is 58.8 Å². The molecular formula is C26H29ClN4OS. The average molecular weight is 481 g/mol. The number of hydrogen-bond acceptors (Lipinski definition) is 4. The predicted molar refractivity (Wildman–Crippen MR) is 138 cm³/mol. The van der Waals surface area contributed by atoms with E-state index >= 15 is 0 Å². The van der Waals surface area contributed by atoms with Crippen LogP contribution in [-0.4, -0.2) is 26.7 Å². The highest BCUT2D eigenvalue weighted by atomic mass is 35.5. The van der Waals surface area contributed by atoms with Gasteiger partial charge in [-0.1, -0.05) is 79.8 Å². The van der Waals surface area contributed by atoms with Gasteiger partial charge in [-0.25, -0.2) is 0 Å². The van der Waals surface area contributed by atoms with Crippen molar-refractivity contribution in [1.29, 1.82) is 0 Å². The first-order valence-corrected chi connectivity index (χ1v) is 12.3. The zero-order valence-corrected chi connectivity index (χ0v) is 20.8. The summed E-state index contributed by atoms with van der Waals surface area (Å²) in [5, 5.41) is 9.16. The van der Waals surface area contributed by atoms with Crippen LogP contribution in [0.2, 0.25) is 5.02 Å². The number of allylic oxidation sites excluding steroid dienone is 1. The lowest BCUT2D eigenvalue weighted by Crippen LogP contribution is -2.46. The molecule has 172 valence electrons. The maximum atomic E-state index is 6.31. The normalized spacial score (nSPS) is 16.3. The van der Waals surface area contributed by atoms with E-state index in [-0.39, 0.29) is 6.04 Å². The molecular weight excluding hydrogens is 452 g/mol. The Balaban J connectivity index is 1.75. The number of aryl methyl sites for hydroxylation is 1. The summed E-state index contributed by atoms with van der Waals surface area (Å²) in [5.41, 5.74) is 5.15. The quantitative estimate of drug-likeness (QED) is 0.282. The molecule has 1 unspecified atom stereocenters. The smallest absolute Gasteiger partial charge is 0.258 e. The van der Waals surface area contributed by atoms with E-state index < -0.39 is 0 Å². The number of nitrogens with one attached hydrogen (secondary N) is 1. The molecule has 1 aromatic heterocycles. The monoisotopic (exact) mass is 480 g/mol. The molecule has 1 aliphatic heterocycles. The third-order valence-electron chi connectivity index (χ3n) is 6.04. The Morgan fingerprint density at radius 3 is 2.61 bits per heavy atom. The summed E-state index contributed by atoms with van der Waals surface area (Å²) in [5.74, 6) is 1.06. The van der Waals surface area contributed by atoms with Crippen LogP contribution in [0.1, 0.15) is 63.1 Å². The third-order valence-corrected chi connectivity index (χ3v) is 6.61. The van der Waals surface area contributed by atoms with Crippen LogP contribution >= 0.6 is 23.8 Å². The summed E-state index contributed by atoms with van der Waals surface area (Å²) < 4.78 is 5.81. The van der Waals surface area contributed by atoms with Crippen LogP contribution < -0.4 is 5.32 Å². The summed E-state index contributed by atoms with van der Waals surface area (Å²) >= 11 is 12.1. The summed E-state index contributed by atoms with van der Waals surface area (Å²) in [6, 6.07) is 15.8. The average Bonchev–Trinajstić information content (AvgIpc) is 3.30. The number of aromatic nitrogens is 2. The van der Waals surface area contributed by atoms with Crippen molar-refractivity contribution in [3.05, 3.63) is 76.3 Å². The number of halogens is 1. The Hall–Kier alpha value is -2.70. The highest BCUT2D eigenvalue weighted by Crippen LogP contribution is 2.38. The lowest BCUT2D eigenvalue weighted by molar-refractivity contribution is 0.395. The molecule has 0 saturated heterocycles. The first kappa shape index (κ1) is 23.5. The second kappa shape index (κ2) is 10.5. The van der Waals surface area contributed by atoms with E-state index in [4.69, 9.17) is 33.3 Å². The predicted octanol–water partition coefficient (Wildman–Crippen LogP) is 6.81. The fourth-order valence-corrected chi connectivity index (χ4v) is 4.67. The van der Waals surface area contributed by atoms with E-state index in [1.165, 1.54) is 5.56 Å². The van der Waals surface area contributed by atoms with Crippen molar-refractivity contribution in [3.63, 3.8) is 0 Å². The van der Waals surface area contributed by atoms with Crippen LogP contribution in [0, 0.1) is 0 Å². The van der Waals surface area contributed by atoms with E-state index in [0.717, 1.165) is 54.6 Å². The van der Waals surface area contributed by atoms with Gasteiger partial charge in [0.25, 0.3) is 5.89 Å². The molecule has 0 spiro atoms. The molecule has 4 rings (SSSR count). The maximum Gasteiger partial charge on any atom is 0.258 e. The van der Waals surface area contributed by atoms with Gasteiger partial charge in [-0.2, -0.15) is 4.98 Å². The van der Waals surface area contributed by atoms with E-state index in [0.29, 0.717) is 21.9 Å². The van der Waals surface area contributed by atoms with Crippen molar-refractivity contribution in [3.8, 4) is 11.4 Å². The summed E-state index contributed by atoms with van der Waals surface area (Å²) in [7, 11) is 0. The van der Waals surface area contributed by atoms with Gasteiger partial charge in [0.15, 0.2) is 5.11 Å². The molecule has 1 N–H and O–H groups in total. The topological polar surface area (TPSA) is 54.2 Å². The van der Waals surface area contributed by atoms with E-state index in [2.05, 4.69) is 48.3 Å². The molecule has 1 atom stereocenters. The van der Waals surface area contributed by atoms with Crippen molar-refractivity contribution < 1.29 is 4.52 Å². The molecule has 0 fully saturated rings. The van der Waals surface area contributed by atoms with Crippen LogP contribution in [-0.2, 0) is 6.42 Å². The molecule has 3 aromatic rings. The molecule has 7 heteroatoms. The number of rotatable bonds is 8. The minimum absolute atomic E-state index is 0.227. The van der Waals surface area contributed by atoms with Crippen LogP contribution in [0.4, 0.5) is 0 Å². The SMILES string of the molecule is CCCCCN1C(=S)NC(c2cccc(Cl)c2)C(c2nc(-c3ccc(CC)cc3)no2)=C1C. The third kappa shape index (κ3) is 5.12.